The van der Waals surface area contributed by atoms with Crippen LogP contribution in [-0.2, 0) is 11.3 Å². The van der Waals surface area contributed by atoms with Crippen molar-refractivity contribution < 1.29 is 4.79 Å². The molecule has 1 aliphatic heterocycles. The quantitative estimate of drug-likeness (QED) is 0.730. The van der Waals surface area contributed by atoms with Gasteiger partial charge in [0.25, 0.3) is 0 Å². The second-order valence-electron chi connectivity index (χ2n) is 6.15. The molecule has 0 bridgehead atoms. The van der Waals surface area contributed by atoms with Gasteiger partial charge in [0.15, 0.2) is 5.65 Å². The van der Waals surface area contributed by atoms with E-state index in [9.17, 15) is 9.59 Å². The summed E-state index contributed by atoms with van der Waals surface area (Å²) in [5, 5.41) is 7.20. The first-order valence-corrected chi connectivity index (χ1v) is 8.43. The van der Waals surface area contributed by atoms with Gasteiger partial charge in [-0.25, -0.2) is 9.48 Å². The van der Waals surface area contributed by atoms with E-state index in [-0.39, 0.29) is 29.9 Å². The topological polar surface area (TPSA) is 97.7 Å². The fourth-order valence-corrected chi connectivity index (χ4v) is 3.16. The molecule has 138 valence electrons. The molecule has 1 atom stereocenters. The van der Waals surface area contributed by atoms with E-state index in [4.69, 9.17) is 5.73 Å². The molecule has 0 aliphatic carbocycles. The third-order valence-corrected chi connectivity index (χ3v) is 4.44. The number of amides is 1. The third kappa shape index (κ3) is 4.59. The average Bonchev–Trinajstić information content (AvgIpc) is 2.94. The lowest BCUT2D eigenvalue weighted by atomic mass is 9.97. The molecule has 0 spiro atoms. The summed E-state index contributed by atoms with van der Waals surface area (Å²) in [4.78, 5) is 26.6. The molecule has 2 aromatic heterocycles. The van der Waals surface area contributed by atoms with Gasteiger partial charge in [-0.15, -0.1) is 17.5 Å². The number of rotatable bonds is 6. The Bertz CT molecular complexity index is 758. The predicted molar refractivity (Wildman–Crippen MR) is 97.9 cm³/mol. The minimum absolute atomic E-state index is 0. The van der Waals surface area contributed by atoms with Crippen LogP contribution in [0.3, 0.4) is 0 Å². The van der Waals surface area contributed by atoms with Gasteiger partial charge >= 0.3 is 5.69 Å². The fraction of sp³-hybridized carbons (Fsp3) is 0.562. The number of piperidine rings is 1. The van der Waals surface area contributed by atoms with Crippen LogP contribution < -0.4 is 16.7 Å². The van der Waals surface area contributed by atoms with Gasteiger partial charge in [-0.3, -0.25) is 9.20 Å². The maximum Gasteiger partial charge on any atom is 0.350 e. The highest BCUT2D eigenvalue weighted by atomic mass is 35.5. The Kier molecular flexibility index (Phi) is 6.98. The molecular weight excluding hydrogens is 344 g/mol. The van der Waals surface area contributed by atoms with Gasteiger partial charge in [0.1, 0.15) is 0 Å². The van der Waals surface area contributed by atoms with E-state index in [2.05, 4.69) is 15.3 Å². The van der Waals surface area contributed by atoms with Crippen molar-refractivity contribution in [3.8, 4) is 0 Å². The van der Waals surface area contributed by atoms with E-state index in [1.54, 1.807) is 10.6 Å². The van der Waals surface area contributed by atoms with E-state index in [0.717, 1.165) is 25.9 Å². The molecular formula is C16H25ClN6O2. The summed E-state index contributed by atoms with van der Waals surface area (Å²) in [6.45, 7) is 3.88. The zero-order valence-electron chi connectivity index (χ0n) is 14.1. The lowest BCUT2D eigenvalue weighted by Gasteiger charge is -2.31. The van der Waals surface area contributed by atoms with Crippen LogP contribution in [0.1, 0.15) is 12.8 Å². The van der Waals surface area contributed by atoms with E-state index >= 15 is 0 Å². The number of nitrogens with zero attached hydrogens (tertiary/aromatic N) is 4. The van der Waals surface area contributed by atoms with Crippen LogP contribution in [0.4, 0.5) is 0 Å². The number of aromatic nitrogens is 3. The zero-order chi connectivity index (χ0) is 16.9. The lowest BCUT2D eigenvalue weighted by molar-refractivity contribution is -0.126. The molecule has 1 fully saturated rings. The first-order valence-electron chi connectivity index (χ1n) is 8.43. The van der Waals surface area contributed by atoms with E-state index in [1.165, 1.54) is 4.68 Å². The van der Waals surface area contributed by atoms with Gasteiger partial charge in [-0.2, -0.15) is 0 Å². The van der Waals surface area contributed by atoms with Crippen LogP contribution in [0.5, 0.6) is 0 Å². The van der Waals surface area contributed by atoms with Gasteiger partial charge in [0.05, 0.1) is 12.5 Å². The summed E-state index contributed by atoms with van der Waals surface area (Å²) in [7, 11) is 0. The van der Waals surface area contributed by atoms with Crippen LogP contribution in [0, 0.1) is 5.92 Å². The Morgan fingerprint density at radius 1 is 1.36 bits per heavy atom. The molecule has 3 heterocycles. The number of carbonyl (C=O) groups is 1. The van der Waals surface area contributed by atoms with Crippen LogP contribution in [0.15, 0.2) is 29.2 Å². The highest BCUT2D eigenvalue weighted by Crippen LogP contribution is 2.16. The van der Waals surface area contributed by atoms with Crippen molar-refractivity contribution in [3.63, 3.8) is 0 Å². The Hall–Kier alpha value is -1.90. The zero-order valence-corrected chi connectivity index (χ0v) is 15.0. The van der Waals surface area contributed by atoms with Crippen molar-refractivity contribution in [3.05, 3.63) is 34.9 Å². The Morgan fingerprint density at radius 3 is 2.96 bits per heavy atom. The lowest BCUT2D eigenvalue weighted by Crippen LogP contribution is -2.45. The summed E-state index contributed by atoms with van der Waals surface area (Å²) in [6.07, 6.45) is 3.61. The molecule has 1 aliphatic rings. The SMILES string of the molecule is Cl.NCCNC(=O)C1CCCN(CCn2nc3ccccn3c2=O)C1. The van der Waals surface area contributed by atoms with Gasteiger partial charge < -0.3 is 16.0 Å². The van der Waals surface area contributed by atoms with Crippen LogP contribution in [0.2, 0.25) is 0 Å². The van der Waals surface area contributed by atoms with Crippen molar-refractivity contribution in [1.29, 1.82) is 0 Å². The standard InChI is InChI=1S/C16H24N6O2.ClH/c17-6-7-18-15(23)13-4-3-8-20(12-13)10-11-22-16(24)21-9-2-1-5-14(21)19-22;/h1-2,5,9,13H,3-4,6-8,10-12,17H2,(H,18,23);1H. The first kappa shape index (κ1) is 19.4. The van der Waals surface area contributed by atoms with E-state index < -0.39 is 0 Å². The maximum atomic E-state index is 12.3. The number of pyridine rings is 1. The molecule has 0 radical (unpaired) electrons. The second kappa shape index (κ2) is 8.98. The number of nitrogens with two attached hydrogens (primary N) is 1. The molecule has 25 heavy (non-hydrogen) atoms. The summed E-state index contributed by atoms with van der Waals surface area (Å²) < 4.78 is 3.03. The average molecular weight is 369 g/mol. The molecule has 8 nitrogen and oxygen atoms in total. The van der Waals surface area contributed by atoms with Crippen molar-refractivity contribution in [2.45, 2.75) is 19.4 Å². The molecule has 1 unspecified atom stereocenters. The van der Waals surface area contributed by atoms with Gasteiger partial charge in [0, 0.05) is 32.4 Å². The number of hydrogen-bond acceptors (Lipinski definition) is 5. The number of fused-ring (bicyclic) bond motifs is 1. The van der Waals surface area contributed by atoms with E-state index in [0.29, 0.717) is 31.8 Å². The van der Waals surface area contributed by atoms with Gasteiger partial charge in [0.2, 0.25) is 5.91 Å². The summed E-state index contributed by atoms with van der Waals surface area (Å²) in [5.74, 6) is 0.0816. The number of carbonyl (C=O) groups excluding carboxylic acids is 1. The van der Waals surface area contributed by atoms with Crippen molar-refractivity contribution >= 4 is 24.0 Å². The number of nitrogens with one attached hydrogen (secondary N) is 1. The van der Waals surface area contributed by atoms with Crippen molar-refractivity contribution in [2.75, 3.05) is 32.7 Å². The van der Waals surface area contributed by atoms with Crippen LogP contribution >= 0.6 is 12.4 Å². The highest BCUT2D eigenvalue weighted by Gasteiger charge is 2.25. The maximum absolute atomic E-state index is 12.3. The van der Waals surface area contributed by atoms with Gasteiger partial charge in [-0.05, 0) is 31.5 Å². The molecule has 1 amide bonds. The number of hydrogen-bond donors (Lipinski definition) is 2. The van der Waals surface area contributed by atoms with Crippen LogP contribution in [-0.4, -0.2) is 57.7 Å². The molecule has 3 N–H and O–H groups in total. The van der Waals surface area contributed by atoms with Crippen molar-refractivity contribution in [1.82, 2.24) is 24.4 Å². The highest BCUT2D eigenvalue weighted by molar-refractivity contribution is 5.85. The van der Waals surface area contributed by atoms with Crippen molar-refractivity contribution in [2.24, 2.45) is 11.7 Å². The number of likely N-dealkylation sites (tertiary alicyclic amines) is 1. The molecule has 1 saturated heterocycles. The monoisotopic (exact) mass is 368 g/mol. The second-order valence-corrected chi connectivity index (χ2v) is 6.15. The van der Waals surface area contributed by atoms with E-state index in [1.807, 2.05) is 18.2 Å². The minimum Gasteiger partial charge on any atom is -0.355 e. The third-order valence-electron chi connectivity index (χ3n) is 4.44. The van der Waals surface area contributed by atoms with Gasteiger partial charge in [-0.1, -0.05) is 6.07 Å². The first-order chi connectivity index (χ1) is 11.7. The molecule has 2 aromatic rings. The predicted octanol–water partition coefficient (Wildman–Crippen LogP) is -0.295. The Morgan fingerprint density at radius 2 is 2.20 bits per heavy atom. The number of halogens is 1. The summed E-state index contributed by atoms with van der Waals surface area (Å²) in [6, 6.07) is 5.49. The Balaban J connectivity index is 0.00000225. The minimum atomic E-state index is -0.125. The normalized spacial score (nSPS) is 18.0. The molecule has 9 heteroatoms. The summed E-state index contributed by atoms with van der Waals surface area (Å²) >= 11 is 0. The summed E-state index contributed by atoms with van der Waals surface area (Å²) in [5.41, 5.74) is 5.95. The smallest absolute Gasteiger partial charge is 0.350 e. The molecule has 3 rings (SSSR count). The Labute approximate surface area is 152 Å². The fourth-order valence-electron chi connectivity index (χ4n) is 3.16. The largest absolute Gasteiger partial charge is 0.355 e. The molecule has 0 aromatic carbocycles. The molecule has 0 saturated carbocycles. The van der Waals surface area contributed by atoms with Crippen LogP contribution in [0.25, 0.3) is 5.65 Å².